The lowest BCUT2D eigenvalue weighted by Crippen LogP contribution is -2.02. The van der Waals surface area contributed by atoms with Crippen molar-refractivity contribution >= 4 is 22.3 Å². The molecule has 0 amide bonds. The van der Waals surface area contributed by atoms with E-state index in [2.05, 4.69) is 63.8 Å². The molecule has 0 spiro atoms. The van der Waals surface area contributed by atoms with Crippen LogP contribution >= 0.6 is 0 Å². The Labute approximate surface area is 152 Å². The Morgan fingerprint density at radius 1 is 0.769 bits per heavy atom. The average molecular weight is 340 g/mol. The Morgan fingerprint density at radius 3 is 2.23 bits per heavy atom. The second kappa shape index (κ2) is 7.31. The predicted molar refractivity (Wildman–Crippen MR) is 106 cm³/mol. The summed E-state index contributed by atoms with van der Waals surface area (Å²) in [6.45, 7) is 2.16. The van der Waals surface area contributed by atoms with Crippen molar-refractivity contribution < 1.29 is 0 Å². The van der Waals surface area contributed by atoms with Gasteiger partial charge < -0.3 is 5.32 Å². The number of aromatic nitrogens is 3. The Hall–Kier alpha value is -3.27. The zero-order chi connectivity index (χ0) is 17.8. The largest absolute Gasteiger partial charge is 0.338 e. The summed E-state index contributed by atoms with van der Waals surface area (Å²) in [7, 11) is 0. The van der Waals surface area contributed by atoms with E-state index in [1.54, 1.807) is 12.4 Å². The molecule has 2 aromatic heterocycles. The van der Waals surface area contributed by atoms with E-state index in [0.717, 1.165) is 40.8 Å². The van der Waals surface area contributed by atoms with Crippen LogP contribution in [0.1, 0.15) is 23.7 Å². The average Bonchev–Trinajstić information content (AvgIpc) is 2.71. The molecule has 0 aliphatic heterocycles. The number of pyridine rings is 1. The first kappa shape index (κ1) is 16.2. The van der Waals surface area contributed by atoms with Crippen LogP contribution in [0.4, 0.5) is 11.5 Å². The van der Waals surface area contributed by atoms with E-state index in [0.29, 0.717) is 0 Å². The molecule has 0 aliphatic carbocycles. The van der Waals surface area contributed by atoms with Gasteiger partial charge in [-0.2, -0.15) is 5.10 Å². The molecule has 0 saturated carbocycles. The second-order valence-corrected chi connectivity index (χ2v) is 6.25. The molecular formula is C22H20N4. The highest BCUT2D eigenvalue weighted by Gasteiger charge is 2.10. The minimum Gasteiger partial charge on any atom is -0.338 e. The Balaban J connectivity index is 1.69. The van der Waals surface area contributed by atoms with E-state index in [4.69, 9.17) is 0 Å². The van der Waals surface area contributed by atoms with E-state index in [1.807, 2.05) is 24.3 Å². The summed E-state index contributed by atoms with van der Waals surface area (Å²) in [4.78, 5) is 4.08. The van der Waals surface area contributed by atoms with Gasteiger partial charge in [0, 0.05) is 35.3 Å². The fourth-order valence-corrected chi connectivity index (χ4v) is 3.04. The summed E-state index contributed by atoms with van der Waals surface area (Å²) < 4.78 is 0. The van der Waals surface area contributed by atoms with Crippen molar-refractivity contribution in [3.8, 4) is 0 Å². The Bertz CT molecular complexity index is 1010. The Morgan fingerprint density at radius 2 is 1.50 bits per heavy atom. The standard InChI is InChI=1S/C22H20N4/c1-2-16-7-9-18(10-8-16)24-22-20-6-4-3-5-19(20)21(25-26-22)15-17-11-13-23-14-12-17/h3-14H,2,15H2,1H3,(H,24,26). The predicted octanol–water partition coefficient (Wildman–Crippen LogP) is 4.92. The van der Waals surface area contributed by atoms with Crippen molar-refractivity contribution in [1.29, 1.82) is 0 Å². The third kappa shape index (κ3) is 3.40. The number of benzene rings is 2. The first-order valence-corrected chi connectivity index (χ1v) is 8.82. The van der Waals surface area contributed by atoms with Gasteiger partial charge in [0.2, 0.25) is 0 Å². The van der Waals surface area contributed by atoms with Gasteiger partial charge in [0.1, 0.15) is 0 Å². The highest BCUT2D eigenvalue weighted by Crippen LogP contribution is 2.27. The van der Waals surface area contributed by atoms with Crippen LogP contribution in [0.3, 0.4) is 0 Å². The molecule has 0 bridgehead atoms. The molecule has 2 heterocycles. The fraction of sp³-hybridized carbons (Fsp3) is 0.136. The molecule has 0 radical (unpaired) electrons. The highest BCUT2D eigenvalue weighted by atomic mass is 15.2. The summed E-state index contributed by atoms with van der Waals surface area (Å²) in [5, 5.41) is 14.6. The van der Waals surface area contributed by atoms with E-state index < -0.39 is 0 Å². The molecule has 0 unspecified atom stereocenters. The number of fused-ring (bicyclic) bond motifs is 1. The van der Waals surface area contributed by atoms with Crippen molar-refractivity contribution in [3.63, 3.8) is 0 Å². The number of rotatable bonds is 5. The fourth-order valence-electron chi connectivity index (χ4n) is 3.04. The molecule has 0 fully saturated rings. The Kier molecular flexibility index (Phi) is 4.56. The maximum atomic E-state index is 4.50. The van der Waals surface area contributed by atoms with Gasteiger partial charge in [0.25, 0.3) is 0 Å². The smallest absolute Gasteiger partial charge is 0.160 e. The number of nitrogens with zero attached hydrogens (tertiary/aromatic N) is 3. The SMILES string of the molecule is CCc1ccc(Nc2nnc(Cc3ccncc3)c3ccccc23)cc1. The lowest BCUT2D eigenvalue weighted by atomic mass is 10.0. The number of aryl methyl sites for hydroxylation is 1. The second-order valence-electron chi connectivity index (χ2n) is 6.25. The zero-order valence-corrected chi connectivity index (χ0v) is 14.7. The maximum Gasteiger partial charge on any atom is 0.160 e. The van der Waals surface area contributed by atoms with Crippen molar-refractivity contribution in [1.82, 2.24) is 15.2 Å². The molecule has 1 N–H and O–H groups in total. The lowest BCUT2D eigenvalue weighted by molar-refractivity contribution is 0.960. The molecule has 0 aliphatic rings. The van der Waals surface area contributed by atoms with E-state index in [9.17, 15) is 0 Å². The van der Waals surface area contributed by atoms with Crippen LogP contribution in [0.5, 0.6) is 0 Å². The molecule has 4 rings (SSSR count). The quantitative estimate of drug-likeness (QED) is 0.560. The molecule has 0 saturated heterocycles. The van der Waals surface area contributed by atoms with Crippen molar-refractivity contribution in [3.05, 3.63) is 89.9 Å². The molecule has 128 valence electrons. The topological polar surface area (TPSA) is 50.7 Å². The first-order chi connectivity index (χ1) is 12.8. The highest BCUT2D eigenvalue weighted by molar-refractivity contribution is 5.94. The third-order valence-electron chi connectivity index (χ3n) is 4.51. The number of nitrogens with one attached hydrogen (secondary N) is 1. The minimum atomic E-state index is 0.738. The van der Waals surface area contributed by atoms with Crippen LogP contribution in [-0.4, -0.2) is 15.2 Å². The number of anilines is 2. The van der Waals surface area contributed by atoms with E-state index in [-0.39, 0.29) is 0 Å². The van der Waals surface area contributed by atoms with Gasteiger partial charge in [-0.3, -0.25) is 4.98 Å². The summed E-state index contributed by atoms with van der Waals surface area (Å²) in [5.41, 5.74) is 4.48. The van der Waals surface area contributed by atoms with Crippen LogP contribution in [0.25, 0.3) is 10.8 Å². The van der Waals surface area contributed by atoms with Crippen molar-refractivity contribution in [2.45, 2.75) is 19.8 Å². The van der Waals surface area contributed by atoms with E-state index in [1.165, 1.54) is 11.1 Å². The van der Waals surface area contributed by atoms with Crippen LogP contribution in [0, 0.1) is 0 Å². The van der Waals surface area contributed by atoms with Gasteiger partial charge in [0.05, 0.1) is 5.69 Å². The van der Waals surface area contributed by atoms with Crippen LogP contribution in [0.15, 0.2) is 73.1 Å². The van der Waals surface area contributed by atoms with Crippen molar-refractivity contribution in [2.75, 3.05) is 5.32 Å². The minimum absolute atomic E-state index is 0.738. The first-order valence-electron chi connectivity index (χ1n) is 8.82. The lowest BCUT2D eigenvalue weighted by Gasteiger charge is -2.11. The molecule has 4 heteroatoms. The number of hydrogen-bond donors (Lipinski definition) is 1. The van der Waals surface area contributed by atoms with Crippen LogP contribution < -0.4 is 5.32 Å². The van der Waals surface area contributed by atoms with Crippen LogP contribution in [0.2, 0.25) is 0 Å². The molecule has 0 atom stereocenters. The van der Waals surface area contributed by atoms with Crippen LogP contribution in [-0.2, 0) is 12.8 Å². The monoisotopic (exact) mass is 340 g/mol. The molecular weight excluding hydrogens is 320 g/mol. The molecule has 4 nitrogen and oxygen atoms in total. The summed E-state index contributed by atoms with van der Waals surface area (Å²) in [6.07, 6.45) is 5.38. The molecule has 2 aromatic carbocycles. The van der Waals surface area contributed by atoms with Crippen molar-refractivity contribution in [2.24, 2.45) is 0 Å². The third-order valence-corrected chi connectivity index (χ3v) is 4.51. The van der Waals surface area contributed by atoms with Gasteiger partial charge in [0.15, 0.2) is 5.82 Å². The van der Waals surface area contributed by atoms with Gasteiger partial charge >= 0.3 is 0 Å². The molecule has 4 aromatic rings. The summed E-state index contributed by atoms with van der Waals surface area (Å²) in [6, 6.07) is 20.7. The molecule has 26 heavy (non-hydrogen) atoms. The van der Waals surface area contributed by atoms with Gasteiger partial charge in [-0.25, -0.2) is 0 Å². The van der Waals surface area contributed by atoms with Gasteiger partial charge in [-0.15, -0.1) is 5.10 Å². The summed E-state index contributed by atoms with van der Waals surface area (Å²) in [5.74, 6) is 0.781. The van der Waals surface area contributed by atoms with Gasteiger partial charge in [-0.1, -0.05) is 43.3 Å². The van der Waals surface area contributed by atoms with E-state index >= 15 is 0 Å². The number of hydrogen-bond acceptors (Lipinski definition) is 4. The zero-order valence-electron chi connectivity index (χ0n) is 14.7. The maximum absolute atomic E-state index is 4.50. The summed E-state index contributed by atoms with van der Waals surface area (Å²) >= 11 is 0. The van der Waals surface area contributed by atoms with Gasteiger partial charge in [-0.05, 0) is 41.8 Å². The normalized spacial score (nSPS) is 10.8.